The fraction of sp³-hybridized carbons (Fsp3) is 0.0952. The van der Waals surface area contributed by atoms with Gasteiger partial charge in [0.25, 0.3) is 10.0 Å². The fourth-order valence-electron chi connectivity index (χ4n) is 2.79. The highest BCUT2D eigenvalue weighted by molar-refractivity contribution is 7.92. The van der Waals surface area contributed by atoms with Crippen LogP contribution in [0.5, 0.6) is 0 Å². The minimum atomic E-state index is -4.04. The highest BCUT2D eigenvalue weighted by Gasteiger charge is 2.28. The lowest BCUT2D eigenvalue weighted by atomic mass is 10.2. The summed E-state index contributed by atoms with van der Waals surface area (Å²) in [5.41, 5.74) is 1.38. The largest absolute Gasteiger partial charge is 0.323 e. The van der Waals surface area contributed by atoms with Gasteiger partial charge in [-0.15, -0.1) is 0 Å². The SMILES string of the molecule is Cc1ccccc1N(CC(=O)Nc1cc(Cl)ccc1Cl)S(=O)(=O)c1ccc(Cl)cc1. The van der Waals surface area contributed by atoms with Crippen molar-refractivity contribution >= 4 is 62.1 Å². The Labute approximate surface area is 190 Å². The summed E-state index contributed by atoms with van der Waals surface area (Å²) in [6.07, 6.45) is 0. The summed E-state index contributed by atoms with van der Waals surface area (Å²) < 4.78 is 27.8. The molecule has 3 rings (SSSR count). The third kappa shape index (κ3) is 5.08. The van der Waals surface area contributed by atoms with Crippen molar-refractivity contribution < 1.29 is 13.2 Å². The Bertz CT molecular complexity index is 1180. The van der Waals surface area contributed by atoms with Gasteiger partial charge in [0.05, 0.1) is 21.3 Å². The Balaban J connectivity index is 1.98. The van der Waals surface area contributed by atoms with E-state index >= 15 is 0 Å². The predicted molar refractivity (Wildman–Crippen MR) is 122 cm³/mol. The molecule has 0 unspecified atom stereocenters. The van der Waals surface area contributed by atoms with Gasteiger partial charge in [-0.05, 0) is 61.0 Å². The molecule has 1 N–H and O–H groups in total. The van der Waals surface area contributed by atoms with Crippen LogP contribution in [0.4, 0.5) is 11.4 Å². The minimum absolute atomic E-state index is 0.0174. The van der Waals surface area contributed by atoms with Gasteiger partial charge in [0.1, 0.15) is 6.54 Å². The number of nitrogens with zero attached hydrogens (tertiary/aromatic N) is 1. The van der Waals surface area contributed by atoms with Crippen molar-refractivity contribution in [1.29, 1.82) is 0 Å². The minimum Gasteiger partial charge on any atom is -0.323 e. The number of para-hydroxylation sites is 1. The van der Waals surface area contributed by atoms with Crippen LogP contribution in [0.15, 0.2) is 71.6 Å². The summed E-state index contributed by atoms with van der Waals surface area (Å²) in [5.74, 6) is -0.569. The number of hydrogen-bond acceptors (Lipinski definition) is 3. The van der Waals surface area contributed by atoms with Gasteiger partial charge in [-0.3, -0.25) is 9.10 Å². The van der Waals surface area contributed by atoms with E-state index in [-0.39, 0.29) is 9.92 Å². The lowest BCUT2D eigenvalue weighted by molar-refractivity contribution is -0.114. The van der Waals surface area contributed by atoms with Gasteiger partial charge in [-0.1, -0.05) is 53.0 Å². The second-order valence-electron chi connectivity index (χ2n) is 6.42. The van der Waals surface area contributed by atoms with Crippen LogP contribution in [0.25, 0.3) is 0 Å². The molecular formula is C21H17Cl3N2O3S. The van der Waals surface area contributed by atoms with Crippen molar-refractivity contribution in [2.24, 2.45) is 0 Å². The van der Waals surface area contributed by atoms with E-state index < -0.39 is 22.5 Å². The van der Waals surface area contributed by atoms with Crippen LogP contribution in [-0.2, 0) is 14.8 Å². The first kappa shape index (κ1) is 22.4. The highest BCUT2D eigenvalue weighted by Crippen LogP contribution is 2.29. The molecule has 0 spiro atoms. The molecule has 0 bridgehead atoms. The highest BCUT2D eigenvalue weighted by atomic mass is 35.5. The van der Waals surface area contributed by atoms with Gasteiger partial charge in [-0.2, -0.15) is 0 Å². The molecule has 0 aliphatic rings. The van der Waals surface area contributed by atoms with E-state index in [4.69, 9.17) is 34.8 Å². The van der Waals surface area contributed by atoms with Crippen molar-refractivity contribution in [3.63, 3.8) is 0 Å². The monoisotopic (exact) mass is 482 g/mol. The number of anilines is 2. The lowest BCUT2D eigenvalue weighted by Crippen LogP contribution is -2.38. The molecule has 0 aliphatic heterocycles. The van der Waals surface area contributed by atoms with Gasteiger partial charge in [0, 0.05) is 10.0 Å². The van der Waals surface area contributed by atoms with E-state index in [0.29, 0.717) is 27.0 Å². The smallest absolute Gasteiger partial charge is 0.264 e. The molecule has 1 amide bonds. The van der Waals surface area contributed by atoms with Gasteiger partial charge in [0.15, 0.2) is 0 Å². The summed E-state index contributed by atoms with van der Waals surface area (Å²) in [6.45, 7) is 1.31. The average molecular weight is 484 g/mol. The number of halogens is 3. The molecule has 0 aliphatic carbocycles. The molecule has 3 aromatic carbocycles. The lowest BCUT2D eigenvalue weighted by Gasteiger charge is -2.25. The van der Waals surface area contributed by atoms with E-state index in [1.807, 2.05) is 0 Å². The third-order valence-corrected chi connectivity index (χ3v) is 6.87. The fourth-order valence-corrected chi connectivity index (χ4v) is 4.74. The van der Waals surface area contributed by atoms with Crippen LogP contribution >= 0.6 is 34.8 Å². The molecule has 0 heterocycles. The Kier molecular flexibility index (Phi) is 6.93. The maximum absolute atomic E-state index is 13.4. The van der Waals surface area contributed by atoms with E-state index in [1.165, 1.54) is 30.3 Å². The molecule has 3 aromatic rings. The molecule has 5 nitrogen and oxygen atoms in total. The van der Waals surface area contributed by atoms with E-state index in [9.17, 15) is 13.2 Å². The van der Waals surface area contributed by atoms with Crippen LogP contribution in [0.3, 0.4) is 0 Å². The van der Waals surface area contributed by atoms with Gasteiger partial charge >= 0.3 is 0 Å². The Morgan fingerprint density at radius 3 is 2.23 bits per heavy atom. The predicted octanol–water partition coefficient (Wildman–Crippen LogP) is 5.79. The van der Waals surface area contributed by atoms with E-state index in [0.717, 1.165) is 4.31 Å². The summed E-state index contributed by atoms with van der Waals surface area (Å²) in [4.78, 5) is 12.8. The molecule has 0 saturated carbocycles. The molecule has 30 heavy (non-hydrogen) atoms. The number of aryl methyl sites for hydroxylation is 1. The molecule has 0 aromatic heterocycles. The second-order valence-corrected chi connectivity index (χ2v) is 9.57. The number of benzene rings is 3. The summed E-state index contributed by atoms with van der Waals surface area (Å²) in [6, 6.07) is 17.3. The number of carbonyl (C=O) groups is 1. The average Bonchev–Trinajstić information content (AvgIpc) is 2.70. The summed E-state index contributed by atoms with van der Waals surface area (Å²) in [5, 5.41) is 3.70. The first-order valence-electron chi connectivity index (χ1n) is 8.77. The first-order chi connectivity index (χ1) is 14.2. The number of nitrogens with one attached hydrogen (secondary N) is 1. The Morgan fingerprint density at radius 1 is 0.933 bits per heavy atom. The van der Waals surface area contributed by atoms with Crippen LogP contribution in [0, 0.1) is 6.92 Å². The van der Waals surface area contributed by atoms with Crippen LogP contribution in [0.1, 0.15) is 5.56 Å². The maximum atomic E-state index is 13.4. The molecule has 0 radical (unpaired) electrons. The zero-order valence-electron chi connectivity index (χ0n) is 15.8. The molecular weight excluding hydrogens is 467 g/mol. The maximum Gasteiger partial charge on any atom is 0.264 e. The van der Waals surface area contributed by atoms with Gasteiger partial charge < -0.3 is 5.32 Å². The molecule has 156 valence electrons. The van der Waals surface area contributed by atoms with Gasteiger partial charge in [-0.25, -0.2) is 8.42 Å². The van der Waals surface area contributed by atoms with E-state index in [1.54, 1.807) is 43.3 Å². The van der Waals surface area contributed by atoms with Crippen molar-refractivity contribution in [2.45, 2.75) is 11.8 Å². The number of rotatable bonds is 6. The van der Waals surface area contributed by atoms with Crippen molar-refractivity contribution in [2.75, 3.05) is 16.2 Å². The van der Waals surface area contributed by atoms with Crippen molar-refractivity contribution in [3.8, 4) is 0 Å². The zero-order valence-corrected chi connectivity index (χ0v) is 18.9. The Morgan fingerprint density at radius 2 is 1.57 bits per heavy atom. The van der Waals surface area contributed by atoms with E-state index in [2.05, 4.69) is 5.32 Å². The number of carbonyl (C=O) groups excluding carboxylic acids is 1. The zero-order chi connectivity index (χ0) is 21.9. The second kappa shape index (κ2) is 9.27. The summed E-state index contributed by atoms with van der Waals surface area (Å²) in [7, 11) is -4.04. The quantitative estimate of drug-likeness (QED) is 0.482. The van der Waals surface area contributed by atoms with Crippen molar-refractivity contribution in [3.05, 3.63) is 87.4 Å². The normalized spacial score (nSPS) is 11.2. The third-order valence-electron chi connectivity index (χ3n) is 4.28. The molecule has 9 heteroatoms. The molecule has 0 atom stereocenters. The Hall–Kier alpha value is -2.25. The summed E-state index contributed by atoms with van der Waals surface area (Å²) >= 11 is 18.0. The van der Waals surface area contributed by atoms with Gasteiger partial charge in [0.2, 0.25) is 5.91 Å². The number of amides is 1. The van der Waals surface area contributed by atoms with Crippen LogP contribution in [0.2, 0.25) is 15.1 Å². The van der Waals surface area contributed by atoms with Crippen LogP contribution < -0.4 is 9.62 Å². The number of hydrogen-bond donors (Lipinski definition) is 1. The molecule has 0 fully saturated rings. The number of sulfonamides is 1. The topological polar surface area (TPSA) is 66.5 Å². The first-order valence-corrected chi connectivity index (χ1v) is 11.3. The van der Waals surface area contributed by atoms with Crippen LogP contribution in [-0.4, -0.2) is 20.9 Å². The molecule has 0 saturated heterocycles. The van der Waals surface area contributed by atoms with Crippen molar-refractivity contribution in [1.82, 2.24) is 0 Å². The standard InChI is InChI=1S/C21H17Cl3N2O3S/c1-14-4-2-3-5-20(14)26(30(28,29)17-9-6-15(22)7-10-17)13-21(27)25-19-12-16(23)8-11-18(19)24/h2-12H,13H2,1H3,(H,25,27).